The number of aromatic amines is 1. The Morgan fingerprint density at radius 3 is 2.54 bits per heavy atom. The Hall–Kier alpha value is -2.22. The fraction of sp³-hybridized carbons (Fsp3) is 0.474. The predicted molar refractivity (Wildman–Crippen MR) is 96.9 cm³/mol. The van der Waals surface area contributed by atoms with Crippen LogP contribution in [-0.2, 0) is 14.3 Å². The van der Waals surface area contributed by atoms with Gasteiger partial charge in [-0.05, 0) is 43.4 Å². The largest absolute Gasteiger partial charge is 0.394 e. The zero-order chi connectivity index (χ0) is 18.7. The number of aliphatic hydroxyl groups is 1. The van der Waals surface area contributed by atoms with Crippen molar-refractivity contribution in [2.24, 2.45) is 0 Å². The summed E-state index contributed by atoms with van der Waals surface area (Å²) in [6.45, 7) is 4.57. The topological polar surface area (TPSA) is 101 Å². The molecule has 140 valence electrons. The highest BCUT2D eigenvalue weighted by Crippen LogP contribution is 2.29. The van der Waals surface area contributed by atoms with Crippen LogP contribution in [0.3, 0.4) is 0 Å². The Kier molecular flexibility index (Phi) is 5.70. The molecule has 2 aromatic rings. The third-order valence-corrected chi connectivity index (χ3v) is 4.59. The molecular weight excluding hydrogens is 336 g/mol. The van der Waals surface area contributed by atoms with E-state index in [1.165, 1.54) is 0 Å². The maximum atomic E-state index is 12.6. The maximum Gasteiger partial charge on any atom is 0.256 e. The molecule has 1 amide bonds. The first-order valence-corrected chi connectivity index (χ1v) is 8.88. The Bertz CT molecular complexity index is 841. The van der Waals surface area contributed by atoms with Gasteiger partial charge in [-0.3, -0.25) is 9.59 Å². The van der Waals surface area contributed by atoms with Crippen LogP contribution in [-0.4, -0.2) is 41.9 Å². The number of pyridine rings is 1. The van der Waals surface area contributed by atoms with Gasteiger partial charge in [0.1, 0.15) is 0 Å². The number of carbonyl (C=O) groups excluding carboxylic acids is 1. The lowest BCUT2D eigenvalue weighted by atomic mass is 9.94. The van der Waals surface area contributed by atoms with Gasteiger partial charge in [0, 0.05) is 18.6 Å². The molecule has 1 saturated heterocycles. The summed E-state index contributed by atoms with van der Waals surface area (Å²) in [7, 11) is 0. The molecule has 0 spiro atoms. The first-order valence-electron chi connectivity index (χ1n) is 8.88. The maximum absolute atomic E-state index is 12.6. The van der Waals surface area contributed by atoms with Crippen molar-refractivity contribution in [2.45, 2.75) is 38.5 Å². The minimum atomic E-state index is -0.618. The standard InChI is InChI=1S/C19H24N2O5/c1-3-25-19(26-4-2)16-8-12-6-5-11(7-14(12)18(24)21-16)15-9-13(10-22)20-17(15)23/h5-8,13,15,19,22H,3-4,9-10H2,1-2H3,(H,20,23)(H,21,24)/t13?,15-/m1/s1. The number of aliphatic hydroxyl groups excluding tert-OH is 1. The van der Waals surface area contributed by atoms with Crippen LogP contribution in [0.15, 0.2) is 29.1 Å². The van der Waals surface area contributed by atoms with Gasteiger partial charge in [0.15, 0.2) is 6.29 Å². The molecule has 7 heteroatoms. The van der Waals surface area contributed by atoms with Crippen molar-refractivity contribution in [3.63, 3.8) is 0 Å². The van der Waals surface area contributed by atoms with Crippen LogP contribution in [0.1, 0.15) is 43.7 Å². The number of amides is 1. The van der Waals surface area contributed by atoms with Gasteiger partial charge in [0.25, 0.3) is 5.56 Å². The molecule has 2 atom stereocenters. The van der Waals surface area contributed by atoms with Crippen LogP contribution >= 0.6 is 0 Å². The summed E-state index contributed by atoms with van der Waals surface area (Å²) in [5, 5.41) is 13.3. The molecule has 1 aliphatic rings. The molecule has 0 radical (unpaired) electrons. The van der Waals surface area contributed by atoms with E-state index in [2.05, 4.69) is 10.3 Å². The van der Waals surface area contributed by atoms with Crippen LogP contribution in [0.5, 0.6) is 0 Å². The van der Waals surface area contributed by atoms with Gasteiger partial charge in [-0.1, -0.05) is 12.1 Å². The Morgan fingerprint density at radius 1 is 1.19 bits per heavy atom. The van der Waals surface area contributed by atoms with Crippen molar-refractivity contribution in [3.8, 4) is 0 Å². The van der Waals surface area contributed by atoms with E-state index >= 15 is 0 Å². The summed E-state index contributed by atoms with van der Waals surface area (Å²) in [6.07, 6.45) is -0.0965. The molecule has 26 heavy (non-hydrogen) atoms. The van der Waals surface area contributed by atoms with Gasteiger partial charge in [-0.2, -0.15) is 0 Å². The second-order valence-corrected chi connectivity index (χ2v) is 6.32. The summed E-state index contributed by atoms with van der Waals surface area (Å²) in [6, 6.07) is 7.03. The average Bonchev–Trinajstić information content (AvgIpc) is 3.02. The number of aromatic nitrogens is 1. The highest BCUT2D eigenvalue weighted by Gasteiger charge is 2.32. The van der Waals surface area contributed by atoms with E-state index in [0.29, 0.717) is 30.7 Å². The number of benzene rings is 1. The number of carbonyl (C=O) groups is 1. The quantitative estimate of drug-likeness (QED) is 0.651. The fourth-order valence-corrected chi connectivity index (χ4v) is 3.33. The Morgan fingerprint density at radius 2 is 1.92 bits per heavy atom. The van der Waals surface area contributed by atoms with E-state index < -0.39 is 6.29 Å². The minimum absolute atomic E-state index is 0.0873. The fourth-order valence-electron chi connectivity index (χ4n) is 3.33. The molecule has 1 aliphatic heterocycles. The van der Waals surface area contributed by atoms with Gasteiger partial charge in [0.2, 0.25) is 5.91 Å². The molecule has 3 rings (SSSR count). The van der Waals surface area contributed by atoms with Crippen LogP contribution in [0.2, 0.25) is 0 Å². The smallest absolute Gasteiger partial charge is 0.256 e. The number of H-pyrrole nitrogens is 1. The van der Waals surface area contributed by atoms with E-state index in [9.17, 15) is 14.7 Å². The number of hydrogen-bond acceptors (Lipinski definition) is 5. The van der Waals surface area contributed by atoms with Crippen molar-refractivity contribution in [1.82, 2.24) is 10.3 Å². The van der Waals surface area contributed by atoms with E-state index in [4.69, 9.17) is 9.47 Å². The zero-order valence-corrected chi connectivity index (χ0v) is 15.0. The van der Waals surface area contributed by atoms with E-state index in [1.807, 2.05) is 32.0 Å². The van der Waals surface area contributed by atoms with E-state index in [-0.39, 0.29) is 30.0 Å². The number of rotatable bonds is 7. The Balaban J connectivity index is 1.96. The van der Waals surface area contributed by atoms with Gasteiger partial charge >= 0.3 is 0 Å². The lowest BCUT2D eigenvalue weighted by molar-refractivity contribution is -0.142. The van der Waals surface area contributed by atoms with Crippen LogP contribution in [0, 0.1) is 0 Å². The Labute approximate surface area is 151 Å². The molecular formula is C19H24N2O5. The summed E-state index contributed by atoms with van der Waals surface area (Å²) < 4.78 is 11.1. The lowest BCUT2D eigenvalue weighted by Gasteiger charge is -2.17. The van der Waals surface area contributed by atoms with Crippen LogP contribution < -0.4 is 10.9 Å². The van der Waals surface area contributed by atoms with Crippen molar-refractivity contribution < 1.29 is 19.4 Å². The number of fused-ring (bicyclic) bond motifs is 1. The molecule has 1 unspecified atom stereocenters. The van der Waals surface area contributed by atoms with E-state index in [0.717, 1.165) is 10.9 Å². The molecule has 1 aromatic carbocycles. The lowest BCUT2D eigenvalue weighted by Crippen LogP contribution is -2.28. The monoisotopic (exact) mass is 360 g/mol. The predicted octanol–water partition coefficient (Wildman–Crippen LogP) is 1.56. The van der Waals surface area contributed by atoms with Crippen LogP contribution in [0.4, 0.5) is 0 Å². The van der Waals surface area contributed by atoms with Gasteiger partial charge in [0.05, 0.1) is 24.3 Å². The second-order valence-electron chi connectivity index (χ2n) is 6.32. The summed E-state index contributed by atoms with van der Waals surface area (Å²) in [5.74, 6) is -0.473. The summed E-state index contributed by atoms with van der Waals surface area (Å²) in [4.78, 5) is 27.5. The molecule has 1 aromatic heterocycles. The SMILES string of the molecule is CCOC(OCC)c1cc2ccc([C@H]3CC(CO)NC3=O)cc2c(=O)[nH]1. The molecule has 0 bridgehead atoms. The number of ether oxygens (including phenoxy) is 2. The second kappa shape index (κ2) is 7.99. The highest BCUT2D eigenvalue weighted by molar-refractivity contribution is 5.89. The molecule has 2 heterocycles. The van der Waals surface area contributed by atoms with Gasteiger partial charge < -0.3 is 24.9 Å². The first-order chi connectivity index (χ1) is 12.6. The summed E-state index contributed by atoms with van der Waals surface area (Å²) in [5.41, 5.74) is 1.09. The van der Waals surface area contributed by atoms with Crippen molar-refractivity contribution in [3.05, 3.63) is 45.9 Å². The first kappa shape index (κ1) is 18.6. The van der Waals surface area contributed by atoms with Gasteiger partial charge in [-0.15, -0.1) is 0 Å². The minimum Gasteiger partial charge on any atom is -0.394 e. The van der Waals surface area contributed by atoms with E-state index in [1.54, 1.807) is 6.07 Å². The number of nitrogens with one attached hydrogen (secondary N) is 2. The molecule has 1 fully saturated rings. The third-order valence-electron chi connectivity index (χ3n) is 4.59. The zero-order valence-electron chi connectivity index (χ0n) is 15.0. The number of hydrogen-bond donors (Lipinski definition) is 3. The molecule has 3 N–H and O–H groups in total. The normalized spacial score (nSPS) is 20.1. The van der Waals surface area contributed by atoms with Gasteiger partial charge in [-0.25, -0.2) is 0 Å². The third kappa shape index (κ3) is 3.65. The molecule has 7 nitrogen and oxygen atoms in total. The van der Waals surface area contributed by atoms with Crippen molar-refractivity contribution in [2.75, 3.05) is 19.8 Å². The van der Waals surface area contributed by atoms with Crippen molar-refractivity contribution >= 4 is 16.7 Å². The molecule has 0 saturated carbocycles. The highest BCUT2D eigenvalue weighted by atomic mass is 16.7. The van der Waals surface area contributed by atoms with Crippen LogP contribution in [0.25, 0.3) is 10.8 Å². The average molecular weight is 360 g/mol. The molecule has 0 aliphatic carbocycles. The van der Waals surface area contributed by atoms with Crippen molar-refractivity contribution in [1.29, 1.82) is 0 Å². The summed E-state index contributed by atoms with van der Waals surface area (Å²) >= 11 is 0.